The fourth-order valence-electron chi connectivity index (χ4n) is 6.04. The van der Waals surface area contributed by atoms with Gasteiger partial charge in [-0.2, -0.15) is 30.0 Å². The summed E-state index contributed by atoms with van der Waals surface area (Å²) < 4.78 is 128. The Morgan fingerprint density at radius 3 is 1.70 bits per heavy atom. The molecule has 7 N–H and O–H groups in total. The molecule has 1 fully saturated rings. The number of aliphatic hydroxyl groups excluding tert-OH is 1. The Hall–Kier alpha value is -1.21. The lowest BCUT2D eigenvalue weighted by atomic mass is 9.52. The van der Waals surface area contributed by atoms with Gasteiger partial charge in [-0.1, -0.05) is 6.92 Å². The second-order valence-electron chi connectivity index (χ2n) is 13.0. The van der Waals surface area contributed by atoms with E-state index in [9.17, 15) is 54.2 Å². The number of nitrogens with one attached hydrogen (secondary N) is 1. The molecule has 1 saturated heterocycles. The molecule has 0 aromatic heterocycles. The van der Waals surface area contributed by atoms with Crippen molar-refractivity contribution in [3.63, 3.8) is 0 Å². The molecule has 0 aliphatic carbocycles. The van der Waals surface area contributed by atoms with Crippen LogP contribution in [0.1, 0.15) is 69.2 Å². The third kappa shape index (κ3) is 6.36. The summed E-state index contributed by atoms with van der Waals surface area (Å²) in [5.41, 5.74) is -17.2. The molecule has 2 aliphatic rings. The van der Waals surface area contributed by atoms with Crippen LogP contribution >= 0.6 is 0 Å². The Labute approximate surface area is 257 Å². The number of rotatable bonds is 11. The molecule has 2 rings (SSSR count). The van der Waals surface area contributed by atoms with Crippen LogP contribution in [0, 0.1) is 5.41 Å². The van der Waals surface area contributed by atoms with Crippen LogP contribution in [0.25, 0.3) is 0 Å². The van der Waals surface area contributed by atoms with E-state index in [1.54, 1.807) is 0 Å². The van der Waals surface area contributed by atoms with Crippen LogP contribution in [0.4, 0.5) is 0 Å². The number of hydrogen-bond acceptors (Lipinski definition) is 14. The van der Waals surface area contributed by atoms with Crippen molar-refractivity contribution in [2.24, 2.45) is 5.41 Å². The van der Waals surface area contributed by atoms with Crippen molar-refractivity contribution >= 4 is 31.1 Å². The Morgan fingerprint density at radius 1 is 0.773 bits per heavy atom. The maximum absolute atomic E-state index is 12.2. The predicted molar refractivity (Wildman–Crippen MR) is 150 cm³/mol. The van der Waals surface area contributed by atoms with E-state index in [0.717, 1.165) is 20.8 Å². The van der Waals surface area contributed by atoms with Crippen LogP contribution in [0.3, 0.4) is 0 Å². The molecular weight excluding hydrogens is 658 g/mol. The highest BCUT2D eigenvalue weighted by Gasteiger charge is 2.74. The van der Waals surface area contributed by atoms with E-state index in [1.165, 1.54) is 48.5 Å². The van der Waals surface area contributed by atoms with Crippen molar-refractivity contribution in [2.45, 2.75) is 108 Å². The number of hydrogen-bond donors (Lipinski definition) is 7. The lowest BCUT2D eigenvalue weighted by Gasteiger charge is -2.68. The molecule has 0 spiro atoms. The summed E-state index contributed by atoms with van der Waals surface area (Å²) in [6.45, 7) is 9.65. The van der Waals surface area contributed by atoms with E-state index in [0.29, 0.717) is 0 Å². The zero-order valence-corrected chi connectivity index (χ0v) is 28.5. The molecule has 0 amide bonds. The van der Waals surface area contributed by atoms with Crippen molar-refractivity contribution in [2.75, 3.05) is 19.8 Å². The normalized spacial score (nSPS) is 41.8. The summed E-state index contributed by atoms with van der Waals surface area (Å²) >= 11 is 0. The van der Waals surface area contributed by atoms with Gasteiger partial charge in [0, 0.05) is 5.57 Å². The third-order valence-electron chi connectivity index (χ3n) is 10.1. The third-order valence-corrected chi connectivity index (χ3v) is 11.7. The van der Waals surface area contributed by atoms with Gasteiger partial charge in [0.05, 0.1) is 42.0 Å². The summed E-state index contributed by atoms with van der Waals surface area (Å²) in [7, 11) is -15.4. The van der Waals surface area contributed by atoms with Gasteiger partial charge in [0.15, 0.2) is 11.2 Å². The van der Waals surface area contributed by atoms with Crippen molar-refractivity contribution in [1.82, 2.24) is 4.72 Å². The molecule has 7 unspecified atom stereocenters. The van der Waals surface area contributed by atoms with Crippen molar-refractivity contribution in [3.05, 3.63) is 11.5 Å². The van der Waals surface area contributed by atoms with Crippen LogP contribution in [0.2, 0.25) is 0 Å². The molecule has 0 saturated carbocycles. The minimum absolute atomic E-state index is 0.263. The van der Waals surface area contributed by atoms with Crippen molar-refractivity contribution in [3.8, 4) is 0 Å². The molecule has 7 atom stereocenters. The predicted octanol–water partition coefficient (Wildman–Crippen LogP) is 0.206. The van der Waals surface area contributed by atoms with Crippen LogP contribution in [0.5, 0.6) is 0 Å². The van der Waals surface area contributed by atoms with Crippen LogP contribution in [0.15, 0.2) is 11.5 Å². The minimum Gasteiger partial charge on any atom is -0.481 e. The van der Waals surface area contributed by atoms with Gasteiger partial charge >= 0.3 is 31.1 Å². The van der Waals surface area contributed by atoms with Crippen molar-refractivity contribution < 1.29 is 76.8 Å². The van der Waals surface area contributed by atoms with Gasteiger partial charge in [0.1, 0.15) is 11.2 Å². The van der Waals surface area contributed by atoms with Gasteiger partial charge in [0.25, 0.3) is 5.95 Å². The van der Waals surface area contributed by atoms with Crippen LogP contribution in [-0.2, 0) is 53.7 Å². The van der Waals surface area contributed by atoms with E-state index in [4.69, 9.17) is 18.4 Å². The van der Waals surface area contributed by atoms with E-state index >= 15 is 0 Å². The average Bonchev–Trinajstić information content (AvgIpc) is 2.77. The summed E-state index contributed by atoms with van der Waals surface area (Å²) in [5, 5.41) is 33.9. The zero-order valence-electron chi connectivity index (χ0n) is 26.0. The van der Waals surface area contributed by atoms with Gasteiger partial charge in [-0.05, 0) is 62.3 Å². The quantitative estimate of drug-likeness (QED) is 0.142. The van der Waals surface area contributed by atoms with Crippen LogP contribution < -0.4 is 4.72 Å². The van der Waals surface area contributed by atoms with Gasteiger partial charge < -0.3 is 29.5 Å². The molecular formula is C23H43NO17S3. The highest BCUT2D eigenvalue weighted by Crippen LogP contribution is 2.59. The monoisotopic (exact) mass is 701 g/mol. The largest absolute Gasteiger partial charge is 0.481 e. The molecule has 18 nitrogen and oxygen atoms in total. The first-order valence-corrected chi connectivity index (χ1v) is 17.1. The van der Waals surface area contributed by atoms with Crippen molar-refractivity contribution in [1.29, 1.82) is 0 Å². The van der Waals surface area contributed by atoms with E-state index in [1.807, 2.05) is 4.72 Å². The maximum atomic E-state index is 12.2. The topological polar surface area (TPSA) is 282 Å². The van der Waals surface area contributed by atoms with Gasteiger partial charge in [-0.15, -0.1) is 0 Å². The van der Waals surface area contributed by atoms with Gasteiger partial charge in [0.2, 0.25) is 0 Å². The van der Waals surface area contributed by atoms with Crippen LogP contribution in [-0.4, -0.2) is 113 Å². The van der Waals surface area contributed by atoms with E-state index in [2.05, 4.69) is 4.18 Å². The lowest BCUT2D eigenvalue weighted by molar-refractivity contribution is -0.352. The summed E-state index contributed by atoms with van der Waals surface area (Å²) in [6, 6.07) is 0. The first-order chi connectivity index (χ1) is 19.1. The Bertz CT molecular complexity index is 1510. The maximum Gasteiger partial charge on any atom is 0.398 e. The Morgan fingerprint density at radius 2 is 1.27 bits per heavy atom. The van der Waals surface area contributed by atoms with Gasteiger partial charge in [-0.3, -0.25) is 13.7 Å². The summed E-state index contributed by atoms with van der Waals surface area (Å²) in [6.07, 6.45) is 0. The molecule has 0 aromatic rings. The standard InChI is InChI=1S/C23H43NO17S3/c1-14-15(25)39-19(6,23(10,20(14,7)26)41-44(34,35)36)12-37-11-17(4)18(5,13-38-43(31,32)33)40-16(2,3)21(8,22(17,9)27)24-42(28,29)30/h24-27H,11-13H2,1-10H3,(H,28,29,30)(H,31,32,33)(H,34,35,36). The first-order valence-electron chi connectivity index (χ1n) is 13.0. The van der Waals surface area contributed by atoms with Gasteiger partial charge in [-0.25, -0.2) is 8.37 Å². The molecule has 0 bridgehead atoms. The Kier molecular flexibility index (Phi) is 9.67. The summed E-state index contributed by atoms with van der Waals surface area (Å²) in [5.74, 6) is -0.824. The fourth-order valence-corrected chi connectivity index (χ4v) is 8.14. The number of aliphatic hydroxyl groups is 3. The molecule has 260 valence electrons. The SMILES string of the molecule is CC1=C(O)OC(C)(COCC2(C)C(C)(COS(=O)(=O)O)OC(C)(C)C(C)(NS(=O)(=O)O)C2(C)O)C(C)(OS(=O)(=O)O)C1(C)O. The average molecular weight is 702 g/mol. The smallest absolute Gasteiger partial charge is 0.398 e. The fraction of sp³-hybridized carbons (Fsp3) is 0.913. The molecule has 21 heteroatoms. The first kappa shape index (κ1) is 39.0. The molecule has 2 heterocycles. The Balaban J connectivity index is 2.70. The van der Waals surface area contributed by atoms with E-state index < -0.39 is 101 Å². The second-order valence-corrected chi connectivity index (χ2v) is 16.3. The lowest BCUT2D eigenvalue weighted by Crippen LogP contribution is -2.85. The molecule has 2 aliphatic heterocycles. The zero-order chi connectivity index (χ0) is 35.0. The highest BCUT2D eigenvalue weighted by molar-refractivity contribution is 7.83. The molecule has 0 aromatic carbocycles. The molecule has 0 radical (unpaired) electrons. The highest BCUT2D eigenvalue weighted by atomic mass is 32.3. The minimum atomic E-state index is -5.27. The molecule has 44 heavy (non-hydrogen) atoms. The number of ether oxygens (including phenoxy) is 3. The van der Waals surface area contributed by atoms with E-state index in [-0.39, 0.29) is 5.57 Å². The second kappa shape index (κ2) is 10.9. The summed E-state index contributed by atoms with van der Waals surface area (Å²) in [4.78, 5) is 0.